The van der Waals surface area contributed by atoms with Crippen LogP contribution in [0.15, 0.2) is 30.3 Å². The average molecular weight is 231 g/mol. The molecule has 0 atom stereocenters. The molecule has 2 fully saturated rings. The molecule has 0 bridgehead atoms. The Balaban J connectivity index is 1.66. The lowest BCUT2D eigenvalue weighted by atomic mass is 9.69. The Kier molecular flexibility index (Phi) is 3.17. The first-order valence-corrected chi connectivity index (χ1v) is 6.70. The van der Waals surface area contributed by atoms with Crippen LogP contribution in [-0.4, -0.2) is 31.2 Å². The summed E-state index contributed by atoms with van der Waals surface area (Å²) in [7, 11) is 0. The predicted molar refractivity (Wildman–Crippen MR) is 68.8 cm³/mol. The molecule has 1 aromatic carbocycles. The minimum atomic E-state index is 0.491. The van der Waals surface area contributed by atoms with Crippen LogP contribution in [0, 0.1) is 5.41 Å². The molecule has 1 aromatic rings. The van der Waals surface area contributed by atoms with Crippen molar-refractivity contribution in [3.8, 4) is 0 Å². The number of benzene rings is 1. The van der Waals surface area contributed by atoms with Gasteiger partial charge in [0.2, 0.25) is 0 Å². The molecule has 0 N–H and O–H groups in total. The summed E-state index contributed by atoms with van der Waals surface area (Å²) >= 11 is 0. The van der Waals surface area contributed by atoms with Crippen LogP contribution < -0.4 is 0 Å². The van der Waals surface area contributed by atoms with Crippen molar-refractivity contribution in [2.75, 3.05) is 26.3 Å². The maximum atomic E-state index is 5.78. The number of hydrogen-bond donors (Lipinski definition) is 0. The third kappa shape index (κ3) is 2.53. The van der Waals surface area contributed by atoms with Crippen LogP contribution >= 0.6 is 0 Å². The van der Waals surface area contributed by atoms with Crippen molar-refractivity contribution in [3.05, 3.63) is 35.9 Å². The minimum Gasteiger partial charge on any atom is -0.379 e. The lowest BCUT2D eigenvalue weighted by molar-refractivity contribution is 0.00955. The van der Waals surface area contributed by atoms with Gasteiger partial charge in [0, 0.05) is 25.0 Å². The molecule has 0 unspecified atom stereocenters. The van der Waals surface area contributed by atoms with Crippen molar-refractivity contribution < 1.29 is 4.74 Å². The summed E-state index contributed by atoms with van der Waals surface area (Å²) in [6.45, 7) is 5.26. The van der Waals surface area contributed by atoms with E-state index in [0.717, 1.165) is 26.3 Å². The van der Waals surface area contributed by atoms with Gasteiger partial charge < -0.3 is 4.74 Å². The Morgan fingerprint density at radius 3 is 2.71 bits per heavy atom. The van der Waals surface area contributed by atoms with Gasteiger partial charge >= 0.3 is 0 Å². The van der Waals surface area contributed by atoms with Gasteiger partial charge in [-0.2, -0.15) is 0 Å². The topological polar surface area (TPSA) is 12.5 Å². The molecule has 1 aliphatic heterocycles. The normalized spacial score (nSPS) is 24.2. The lowest BCUT2D eigenvalue weighted by Gasteiger charge is -2.42. The second-order valence-corrected chi connectivity index (χ2v) is 5.60. The fourth-order valence-electron chi connectivity index (χ4n) is 3.04. The van der Waals surface area contributed by atoms with Gasteiger partial charge in [0.25, 0.3) is 0 Å². The molecule has 17 heavy (non-hydrogen) atoms. The predicted octanol–water partition coefficient (Wildman–Crippen LogP) is 2.69. The van der Waals surface area contributed by atoms with Gasteiger partial charge in [-0.15, -0.1) is 0 Å². The highest BCUT2D eigenvalue weighted by molar-refractivity contribution is 5.14. The second kappa shape index (κ2) is 4.79. The maximum absolute atomic E-state index is 5.78. The standard InChI is InChI=1S/C15H21NO/c1-2-5-14(6-3-1)11-16-9-10-17-13-15(12-16)7-4-8-15/h1-3,5-6H,4,7-13H2. The van der Waals surface area contributed by atoms with Crippen LogP contribution in [0.1, 0.15) is 24.8 Å². The summed E-state index contributed by atoms with van der Waals surface area (Å²) in [4.78, 5) is 2.57. The lowest BCUT2D eigenvalue weighted by Crippen LogP contribution is -2.43. The van der Waals surface area contributed by atoms with E-state index in [1.54, 1.807) is 0 Å². The largest absolute Gasteiger partial charge is 0.379 e. The molecule has 1 saturated heterocycles. The Morgan fingerprint density at radius 1 is 1.18 bits per heavy atom. The quantitative estimate of drug-likeness (QED) is 0.776. The van der Waals surface area contributed by atoms with Crippen LogP contribution in [-0.2, 0) is 11.3 Å². The van der Waals surface area contributed by atoms with Crippen molar-refractivity contribution in [1.29, 1.82) is 0 Å². The first kappa shape index (κ1) is 11.2. The molecule has 1 saturated carbocycles. The summed E-state index contributed by atoms with van der Waals surface area (Å²) in [5, 5.41) is 0. The molecule has 0 amide bonds. The van der Waals surface area contributed by atoms with E-state index < -0.39 is 0 Å². The summed E-state index contributed by atoms with van der Waals surface area (Å²) in [5.41, 5.74) is 1.91. The van der Waals surface area contributed by atoms with Crippen molar-refractivity contribution in [2.45, 2.75) is 25.8 Å². The van der Waals surface area contributed by atoms with Gasteiger partial charge in [-0.05, 0) is 18.4 Å². The fraction of sp³-hybridized carbons (Fsp3) is 0.600. The van der Waals surface area contributed by atoms with Crippen LogP contribution in [0.2, 0.25) is 0 Å². The molecule has 0 radical (unpaired) electrons. The van der Waals surface area contributed by atoms with E-state index >= 15 is 0 Å². The van der Waals surface area contributed by atoms with Crippen molar-refractivity contribution in [3.63, 3.8) is 0 Å². The smallest absolute Gasteiger partial charge is 0.0593 e. The molecule has 2 nitrogen and oxygen atoms in total. The average Bonchev–Trinajstić information content (AvgIpc) is 2.53. The summed E-state index contributed by atoms with van der Waals surface area (Å²) in [5.74, 6) is 0. The molecular formula is C15H21NO. The molecule has 2 heteroatoms. The molecular weight excluding hydrogens is 210 g/mol. The minimum absolute atomic E-state index is 0.491. The molecule has 92 valence electrons. The third-order valence-electron chi connectivity index (χ3n) is 4.18. The third-order valence-corrected chi connectivity index (χ3v) is 4.18. The fourth-order valence-corrected chi connectivity index (χ4v) is 3.04. The highest BCUT2D eigenvalue weighted by Gasteiger charge is 2.39. The van der Waals surface area contributed by atoms with Gasteiger partial charge in [-0.25, -0.2) is 0 Å². The Morgan fingerprint density at radius 2 is 2.00 bits per heavy atom. The van der Waals surface area contributed by atoms with E-state index in [9.17, 15) is 0 Å². The Labute approximate surface area is 104 Å². The zero-order chi connectivity index (χ0) is 11.6. The van der Waals surface area contributed by atoms with Gasteiger partial charge in [0.15, 0.2) is 0 Å². The van der Waals surface area contributed by atoms with Crippen molar-refractivity contribution >= 4 is 0 Å². The second-order valence-electron chi connectivity index (χ2n) is 5.60. The van der Waals surface area contributed by atoms with Crippen molar-refractivity contribution in [1.82, 2.24) is 4.90 Å². The first-order valence-electron chi connectivity index (χ1n) is 6.70. The molecule has 1 heterocycles. The van der Waals surface area contributed by atoms with Gasteiger partial charge in [-0.3, -0.25) is 4.90 Å². The SMILES string of the molecule is c1ccc(CN2CCOCC3(CCC3)C2)cc1. The highest BCUT2D eigenvalue weighted by Crippen LogP contribution is 2.42. The summed E-state index contributed by atoms with van der Waals surface area (Å²) < 4.78 is 5.78. The first-order chi connectivity index (χ1) is 8.36. The Bertz CT molecular complexity index is 358. The molecule has 1 spiro atoms. The van der Waals surface area contributed by atoms with Crippen LogP contribution in [0.25, 0.3) is 0 Å². The van der Waals surface area contributed by atoms with Gasteiger partial charge in [0.05, 0.1) is 13.2 Å². The van der Waals surface area contributed by atoms with E-state index in [2.05, 4.69) is 35.2 Å². The van der Waals surface area contributed by atoms with Gasteiger partial charge in [-0.1, -0.05) is 36.8 Å². The highest BCUT2D eigenvalue weighted by atomic mass is 16.5. The van der Waals surface area contributed by atoms with Gasteiger partial charge in [0.1, 0.15) is 0 Å². The van der Waals surface area contributed by atoms with E-state index in [-0.39, 0.29) is 0 Å². The Hall–Kier alpha value is -0.860. The number of hydrogen-bond acceptors (Lipinski definition) is 2. The monoisotopic (exact) mass is 231 g/mol. The number of rotatable bonds is 2. The van der Waals surface area contributed by atoms with Crippen LogP contribution in [0.4, 0.5) is 0 Å². The molecule has 0 aromatic heterocycles. The van der Waals surface area contributed by atoms with Crippen molar-refractivity contribution in [2.24, 2.45) is 5.41 Å². The van der Waals surface area contributed by atoms with E-state index in [4.69, 9.17) is 4.74 Å². The molecule has 2 aliphatic rings. The van der Waals surface area contributed by atoms with E-state index in [1.807, 2.05) is 0 Å². The zero-order valence-corrected chi connectivity index (χ0v) is 10.4. The van der Waals surface area contributed by atoms with Crippen LogP contribution in [0.3, 0.4) is 0 Å². The molecule has 1 aliphatic carbocycles. The maximum Gasteiger partial charge on any atom is 0.0593 e. The summed E-state index contributed by atoms with van der Waals surface area (Å²) in [6, 6.07) is 10.8. The number of ether oxygens (including phenoxy) is 1. The molecule has 3 rings (SSSR count). The van der Waals surface area contributed by atoms with E-state index in [0.29, 0.717) is 5.41 Å². The van der Waals surface area contributed by atoms with E-state index in [1.165, 1.54) is 31.4 Å². The number of nitrogens with zero attached hydrogens (tertiary/aromatic N) is 1. The summed E-state index contributed by atoms with van der Waals surface area (Å²) in [6.07, 6.45) is 4.11. The zero-order valence-electron chi connectivity index (χ0n) is 10.4. The van der Waals surface area contributed by atoms with Crippen LogP contribution in [0.5, 0.6) is 0 Å².